The molecule has 0 bridgehead atoms. The van der Waals surface area contributed by atoms with Crippen molar-refractivity contribution < 1.29 is 27.1 Å². The van der Waals surface area contributed by atoms with Crippen molar-refractivity contribution in [1.29, 1.82) is 0 Å². The van der Waals surface area contributed by atoms with Crippen LogP contribution < -0.4 is 26.6 Å². The van der Waals surface area contributed by atoms with Crippen LogP contribution >= 0.6 is 0 Å². The zero-order chi connectivity index (χ0) is 33.3. The number of methoxy groups -OCH3 is 1. The van der Waals surface area contributed by atoms with Crippen LogP contribution in [-0.2, 0) is 19.3 Å². The minimum atomic E-state index is -4.95. The second-order valence-electron chi connectivity index (χ2n) is 10.3. The summed E-state index contributed by atoms with van der Waals surface area (Å²) in [6, 6.07) is 11.0. The number of nitrogens with one attached hydrogen (secondary N) is 2. The highest BCUT2D eigenvalue weighted by Gasteiger charge is 2.35. The summed E-state index contributed by atoms with van der Waals surface area (Å²) in [4.78, 5) is 41.6. The highest BCUT2D eigenvalue weighted by atomic mass is 19.4. The molecule has 0 saturated carbocycles. The maximum absolute atomic E-state index is 15.1. The number of aromatic nitrogens is 6. The zero-order valence-corrected chi connectivity index (χ0v) is 24.9. The van der Waals surface area contributed by atoms with Crippen LogP contribution in [0, 0.1) is 5.82 Å². The standard InChI is InChI=1S/C29H27F4N9O4/c1-34-27(44)35-16-8-10-17(11-9-16)42-21(15-39(2)3)24-25(38-42)40(14-18-19(29(31,32)33)6-5-7-20(18)30)28(45)41(26(24)43)22-12-13-23(46-4)37-36-22/h5-13H,14-15H2,1-4H3,(H2,34,35,44). The van der Waals surface area contributed by atoms with Crippen molar-refractivity contribution in [2.75, 3.05) is 33.6 Å². The Morgan fingerprint density at radius 3 is 2.33 bits per heavy atom. The molecule has 46 heavy (non-hydrogen) atoms. The summed E-state index contributed by atoms with van der Waals surface area (Å²) >= 11 is 0. The van der Waals surface area contributed by atoms with E-state index in [1.165, 1.54) is 31.0 Å². The normalized spacial score (nSPS) is 11.7. The van der Waals surface area contributed by atoms with Crippen molar-refractivity contribution >= 4 is 22.8 Å². The number of carbonyl (C=O) groups excluding carboxylic acids is 1. The lowest BCUT2D eigenvalue weighted by Crippen LogP contribution is -2.40. The number of urea groups is 1. The van der Waals surface area contributed by atoms with E-state index in [1.807, 2.05) is 0 Å². The lowest BCUT2D eigenvalue weighted by atomic mass is 10.1. The molecule has 0 saturated heterocycles. The molecule has 0 fully saturated rings. The van der Waals surface area contributed by atoms with Gasteiger partial charge in [0.25, 0.3) is 5.56 Å². The van der Waals surface area contributed by atoms with Crippen LogP contribution in [0.2, 0.25) is 0 Å². The molecule has 0 aliphatic rings. The molecule has 2 N–H and O–H groups in total. The average molecular weight is 642 g/mol. The molecule has 0 radical (unpaired) electrons. The summed E-state index contributed by atoms with van der Waals surface area (Å²) in [6.07, 6.45) is -4.95. The minimum Gasteiger partial charge on any atom is -0.480 e. The number of nitrogens with zero attached hydrogens (tertiary/aromatic N) is 7. The van der Waals surface area contributed by atoms with Gasteiger partial charge >= 0.3 is 17.9 Å². The summed E-state index contributed by atoms with van der Waals surface area (Å²) in [6.45, 7) is -0.835. The number of amides is 2. The van der Waals surface area contributed by atoms with Crippen LogP contribution in [0.15, 0.2) is 64.2 Å². The first-order valence-corrected chi connectivity index (χ1v) is 13.6. The number of halogens is 4. The monoisotopic (exact) mass is 641 g/mol. The molecule has 3 heterocycles. The van der Waals surface area contributed by atoms with Crippen molar-refractivity contribution in [3.8, 4) is 17.4 Å². The Labute approximate surface area is 257 Å². The Kier molecular flexibility index (Phi) is 8.60. The van der Waals surface area contributed by atoms with Gasteiger partial charge in [0.15, 0.2) is 11.5 Å². The van der Waals surface area contributed by atoms with Crippen molar-refractivity contribution in [3.05, 3.63) is 98.1 Å². The fraction of sp³-hybridized carbons (Fsp3) is 0.241. The van der Waals surface area contributed by atoms with E-state index in [-0.39, 0.29) is 35.0 Å². The Morgan fingerprint density at radius 1 is 1.02 bits per heavy atom. The van der Waals surface area contributed by atoms with E-state index in [0.29, 0.717) is 22.0 Å². The maximum Gasteiger partial charge on any atom is 0.416 e. The van der Waals surface area contributed by atoms with Crippen LogP contribution in [0.4, 0.5) is 28.0 Å². The number of hydrogen-bond donors (Lipinski definition) is 2. The number of benzene rings is 2. The highest BCUT2D eigenvalue weighted by Crippen LogP contribution is 2.34. The van der Waals surface area contributed by atoms with Crippen LogP contribution in [0.5, 0.6) is 5.88 Å². The Bertz CT molecular complexity index is 2030. The number of ether oxygens (including phenoxy) is 1. The van der Waals surface area contributed by atoms with E-state index in [2.05, 4.69) is 25.9 Å². The molecule has 2 aromatic carbocycles. The van der Waals surface area contributed by atoms with E-state index in [4.69, 9.17) is 4.74 Å². The van der Waals surface area contributed by atoms with Gasteiger partial charge in [-0.25, -0.2) is 23.2 Å². The summed E-state index contributed by atoms with van der Waals surface area (Å²) in [5, 5.41) is 17.2. The maximum atomic E-state index is 15.1. The Morgan fingerprint density at radius 2 is 1.74 bits per heavy atom. The van der Waals surface area contributed by atoms with Gasteiger partial charge in [0, 0.05) is 30.9 Å². The van der Waals surface area contributed by atoms with Crippen LogP contribution in [0.25, 0.3) is 22.5 Å². The molecular formula is C29H27F4N9O4. The molecular weight excluding hydrogens is 614 g/mol. The first kappa shape index (κ1) is 31.8. The molecule has 17 heteroatoms. The van der Waals surface area contributed by atoms with Gasteiger partial charge in [0.05, 0.1) is 30.6 Å². The number of alkyl halides is 3. The Balaban J connectivity index is 1.84. The number of rotatable bonds is 8. The van der Waals surface area contributed by atoms with Crippen LogP contribution in [-0.4, -0.2) is 68.3 Å². The quantitative estimate of drug-likeness (QED) is 0.246. The van der Waals surface area contributed by atoms with Gasteiger partial charge < -0.3 is 20.3 Å². The molecule has 240 valence electrons. The van der Waals surface area contributed by atoms with Gasteiger partial charge in [-0.2, -0.15) is 13.2 Å². The largest absolute Gasteiger partial charge is 0.480 e. The predicted octanol–water partition coefficient (Wildman–Crippen LogP) is 3.16. The van der Waals surface area contributed by atoms with Crippen molar-refractivity contribution in [1.82, 2.24) is 39.3 Å². The number of carbonyl (C=O) groups is 1. The SMILES string of the molecule is CNC(=O)Nc1ccc(-n2nc3c(c2CN(C)C)c(=O)n(-c2ccc(OC)nn2)c(=O)n3Cc2c(F)cccc2C(F)(F)F)cc1. The summed E-state index contributed by atoms with van der Waals surface area (Å²) < 4.78 is 64.9. The van der Waals surface area contributed by atoms with Crippen molar-refractivity contribution in [2.45, 2.75) is 19.3 Å². The van der Waals surface area contributed by atoms with Gasteiger partial charge in [0.1, 0.15) is 11.2 Å². The third kappa shape index (κ3) is 6.03. The van der Waals surface area contributed by atoms with Gasteiger partial charge in [-0.3, -0.25) is 9.36 Å². The van der Waals surface area contributed by atoms with Gasteiger partial charge in [-0.05, 0) is 56.6 Å². The fourth-order valence-electron chi connectivity index (χ4n) is 4.83. The van der Waals surface area contributed by atoms with Crippen molar-refractivity contribution in [3.63, 3.8) is 0 Å². The third-order valence-electron chi connectivity index (χ3n) is 6.92. The van der Waals surface area contributed by atoms with E-state index in [0.717, 1.165) is 16.7 Å². The summed E-state index contributed by atoms with van der Waals surface area (Å²) in [7, 11) is 6.23. The first-order chi connectivity index (χ1) is 21.8. The summed E-state index contributed by atoms with van der Waals surface area (Å²) in [5.41, 5.74) is -3.29. The second-order valence-corrected chi connectivity index (χ2v) is 10.3. The molecule has 0 aliphatic heterocycles. The fourth-order valence-corrected chi connectivity index (χ4v) is 4.83. The van der Waals surface area contributed by atoms with Gasteiger partial charge in [-0.15, -0.1) is 15.3 Å². The molecule has 13 nitrogen and oxygen atoms in total. The molecule has 0 unspecified atom stereocenters. The number of hydrogen-bond acceptors (Lipinski definition) is 8. The molecule has 0 aliphatic carbocycles. The first-order valence-electron chi connectivity index (χ1n) is 13.6. The topological polar surface area (TPSA) is 141 Å². The minimum absolute atomic E-state index is 0.0786. The lowest BCUT2D eigenvalue weighted by Gasteiger charge is -2.16. The predicted molar refractivity (Wildman–Crippen MR) is 159 cm³/mol. The van der Waals surface area contributed by atoms with E-state index in [1.54, 1.807) is 43.3 Å². The molecule has 2 amide bonds. The average Bonchev–Trinajstić information content (AvgIpc) is 3.38. The molecule has 0 atom stereocenters. The smallest absolute Gasteiger partial charge is 0.416 e. The van der Waals surface area contributed by atoms with E-state index < -0.39 is 46.9 Å². The van der Waals surface area contributed by atoms with Crippen LogP contribution in [0.1, 0.15) is 16.8 Å². The zero-order valence-electron chi connectivity index (χ0n) is 24.9. The van der Waals surface area contributed by atoms with Crippen molar-refractivity contribution in [2.24, 2.45) is 0 Å². The Hall–Kier alpha value is -5.58. The highest BCUT2D eigenvalue weighted by molar-refractivity contribution is 5.89. The van der Waals surface area contributed by atoms with Gasteiger partial charge in [0.2, 0.25) is 5.88 Å². The van der Waals surface area contributed by atoms with E-state index >= 15 is 4.39 Å². The lowest BCUT2D eigenvalue weighted by molar-refractivity contribution is -0.138. The van der Waals surface area contributed by atoms with Gasteiger partial charge in [-0.1, -0.05) is 6.07 Å². The number of anilines is 1. The molecule has 0 spiro atoms. The number of fused-ring (bicyclic) bond motifs is 1. The summed E-state index contributed by atoms with van der Waals surface area (Å²) in [5.74, 6) is -1.37. The molecule has 5 aromatic rings. The third-order valence-corrected chi connectivity index (χ3v) is 6.92. The second kappa shape index (κ2) is 12.4. The van der Waals surface area contributed by atoms with Crippen LogP contribution in [0.3, 0.4) is 0 Å². The molecule has 3 aromatic heterocycles. The van der Waals surface area contributed by atoms with E-state index in [9.17, 15) is 27.6 Å². The molecule has 5 rings (SSSR count).